The molecule has 1 amide bonds. The van der Waals surface area contributed by atoms with Gasteiger partial charge < -0.3 is 9.88 Å². The van der Waals surface area contributed by atoms with Gasteiger partial charge in [-0.3, -0.25) is 14.4 Å². The molecule has 1 aliphatic carbocycles. The maximum absolute atomic E-state index is 12.7. The average molecular weight is 600 g/mol. The fourth-order valence-electron chi connectivity index (χ4n) is 6.40. The Morgan fingerprint density at radius 2 is 1.86 bits per heavy atom. The van der Waals surface area contributed by atoms with Crippen molar-refractivity contribution in [1.29, 1.82) is 0 Å². The molecule has 0 atom stereocenters. The Bertz CT molecular complexity index is 1620. The standard InChI is InChI=1S/C34H38ClN5OS/c1-34(2)11-9-26(31(20-34)24-3-5-28(35)6-4-24)22-39-13-15-40(16-14-39)29-7-8-30(33(41)38-42)27(19-29)18-23-17-25-10-12-36-32(25)37-21-23/h3-8,10,12,17,19,21,42H,9,11,13-16,18,20,22H2,1-2H3,(H,36,37)(H,38,41). The zero-order chi connectivity index (χ0) is 29.3. The Balaban J connectivity index is 1.18. The van der Waals surface area contributed by atoms with Crippen LogP contribution in [-0.2, 0) is 6.42 Å². The van der Waals surface area contributed by atoms with Crippen LogP contribution in [-0.4, -0.2) is 53.5 Å². The molecule has 2 N–H and O–H groups in total. The van der Waals surface area contributed by atoms with Crippen LogP contribution in [0.3, 0.4) is 0 Å². The molecular formula is C34H38ClN5OS. The van der Waals surface area contributed by atoms with Gasteiger partial charge in [-0.15, -0.1) is 0 Å². The van der Waals surface area contributed by atoms with Crippen molar-refractivity contribution in [2.24, 2.45) is 5.41 Å². The Morgan fingerprint density at radius 3 is 2.62 bits per heavy atom. The quantitative estimate of drug-likeness (QED) is 0.197. The van der Waals surface area contributed by atoms with Gasteiger partial charge in [-0.2, -0.15) is 0 Å². The summed E-state index contributed by atoms with van der Waals surface area (Å²) in [5, 5.41) is 1.85. The first-order chi connectivity index (χ1) is 20.3. The van der Waals surface area contributed by atoms with E-state index >= 15 is 0 Å². The van der Waals surface area contributed by atoms with Crippen LogP contribution in [0.25, 0.3) is 16.6 Å². The number of fused-ring (bicyclic) bond motifs is 1. The number of carbonyl (C=O) groups excluding carboxylic acids is 1. The Labute approximate surface area is 258 Å². The SMILES string of the molecule is CC1(C)CCC(CN2CCN(c3ccc(C(=O)NS)c(Cc4cnc5[nH]ccc5c4)c3)CC2)=C(c2ccc(Cl)cc2)C1. The van der Waals surface area contributed by atoms with Crippen molar-refractivity contribution in [3.63, 3.8) is 0 Å². The summed E-state index contributed by atoms with van der Waals surface area (Å²) in [5.41, 5.74) is 9.39. The second kappa shape index (κ2) is 12.2. The highest BCUT2D eigenvalue weighted by atomic mass is 35.5. The Kier molecular flexibility index (Phi) is 8.35. The summed E-state index contributed by atoms with van der Waals surface area (Å²) in [7, 11) is 0. The van der Waals surface area contributed by atoms with Gasteiger partial charge in [-0.25, -0.2) is 4.98 Å². The molecule has 0 unspecified atom stereocenters. The highest BCUT2D eigenvalue weighted by molar-refractivity contribution is 7.78. The summed E-state index contributed by atoms with van der Waals surface area (Å²) in [6, 6.07) is 18.7. The number of H-pyrrole nitrogens is 1. The van der Waals surface area contributed by atoms with E-state index in [0.717, 1.165) is 78.4 Å². The van der Waals surface area contributed by atoms with Crippen molar-refractivity contribution in [2.45, 2.75) is 39.5 Å². The minimum Gasteiger partial charge on any atom is -0.369 e. The summed E-state index contributed by atoms with van der Waals surface area (Å²) < 4.78 is 2.50. The summed E-state index contributed by atoms with van der Waals surface area (Å²) in [6.45, 7) is 9.68. The third kappa shape index (κ3) is 6.38. The first-order valence-corrected chi connectivity index (χ1v) is 15.5. The van der Waals surface area contributed by atoms with Crippen LogP contribution in [0.1, 0.15) is 60.2 Å². The predicted molar refractivity (Wildman–Crippen MR) is 176 cm³/mol. The van der Waals surface area contributed by atoms with E-state index in [0.29, 0.717) is 17.4 Å². The molecule has 2 aromatic heterocycles. The normalized spacial score (nSPS) is 17.6. The first-order valence-electron chi connectivity index (χ1n) is 14.7. The molecule has 0 saturated carbocycles. The molecule has 2 aromatic carbocycles. The molecule has 1 aliphatic heterocycles. The molecule has 6 nitrogen and oxygen atoms in total. The van der Waals surface area contributed by atoms with Crippen LogP contribution in [0.15, 0.2) is 72.6 Å². The van der Waals surface area contributed by atoms with E-state index < -0.39 is 0 Å². The molecule has 3 heterocycles. The number of pyridine rings is 1. The number of aromatic nitrogens is 2. The lowest BCUT2D eigenvalue weighted by Crippen LogP contribution is -2.47. The number of rotatable bonds is 7. The van der Waals surface area contributed by atoms with Crippen molar-refractivity contribution < 1.29 is 4.79 Å². The van der Waals surface area contributed by atoms with Crippen LogP contribution < -0.4 is 9.62 Å². The van der Waals surface area contributed by atoms with Crippen LogP contribution in [0.5, 0.6) is 0 Å². The topological polar surface area (TPSA) is 64.3 Å². The molecule has 4 aromatic rings. The van der Waals surface area contributed by atoms with Gasteiger partial charge in [-0.1, -0.05) is 56.0 Å². The number of nitrogens with zero attached hydrogens (tertiary/aromatic N) is 3. The molecular weight excluding hydrogens is 562 g/mol. The lowest BCUT2D eigenvalue weighted by molar-refractivity contribution is 0.0984. The van der Waals surface area contributed by atoms with Crippen LogP contribution in [0.2, 0.25) is 5.02 Å². The zero-order valence-electron chi connectivity index (χ0n) is 24.3. The van der Waals surface area contributed by atoms with E-state index in [1.165, 1.54) is 17.6 Å². The highest BCUT2D eigenvalue weighted by Crippen LogP contribution is 2.43. The monoisotopic (exact) mass is 599 g/mol. The van der Waals surface area contributed by atoms with Crippen molar-refractivity contribution in [3.8, 4) is 0 Å². The van der Waals surface area contributed by atoms with Gasteiger partial charge in [-0.05, 0) is 95.8 Å². The molecule has 0 spiro atoms. The fraction of sp³-hybridized carbons (Fsp3) is 0.353. The van der Waals surface area contributed by atoms with E-state index in [-0.39, 0.29) is 5.91 Å². The number of amides is 1. The van der Waals surface area contributed by atoms with E-state index in [2.05, 4.69) is 81.5 Å². The number of allylic oxidation sites excluding steroid dienone is 1. The second-order valence-electron chi connectivity index (χ2n) is 12.4. The number of benzene rings is 2. The minimum atomic E-state index is -0.194. The number of hydrogen-bond acceptors (Lipinski definition) is 5. The van der Waals surface area contributed by atoms with Crippen LogP contribution in [0, 0.1) is 5.41 Å². The maximum Gasteiger partial charge on any atom is 0.261 e. The van der Waals surface area contributed by atoms with Crippen molar-refractivity contribution in [3.05, 3.63) is 99.8 Å². The lowest BCUT2D eigenvalue weighted by atomic mass is 9.72. The number of hydrogen-bond donors (Lipinski definition) is 3. The van der Waals surface area contributed by atoms with Crippen molar-refractivity contribution in [1.82, 2.24) is 19.6 Å². The van der Waals surface area contributed by atoms with E-state index in [1.807, 2.05) is 36.7 Å². The number of anilines is 1. The fourth-order valence-corrected chi connectivity index (χ4v) is 6.65. The van der Waals surface area contributed by atoms with Gasteiger partial charge in [0.25, 0.3) is 5.91 Å². The van der Waals surface area contributed by atoms with Gasteiger partial charge in [0.1, 0.15) is 5.65 Å². The number of thiol groups is 1. The van der Waals surface area contributed by atoms with Gasteiger partial charge in [0.05, 0.1) is 0 Å². The van der Waals surface area contributed by atoms with Crippen molar-refractivity contribution in [2.75, 3.05) is 37.6 Å². The van der Waals surface area contributed by atoms with E-state index in [1.54, 1.807) is 5.57 Å². The number of piperazine rings is 1. The molecule has 0 bridgehead atoms. The number of carbonyl (C=O) groups is 1. The summed E-state index contributed by atoms with van der Waals surface area (Å²) in [5.74, 6) is -0.194. The van der Waals surface area contributed by atoms with E-state index in [9.17, 15) is 4.79 Å². The average Bonchev–Trinajstić information content (AvgIpc) is 3.46. The molecule has 42 heavy (non-hydrogen) atoms. The molecule has 0 radical (unpaired) electrons. The largest absolute Gasteiger partial charge is 0.369 e. The van der Waals surface area contributed by atoms with Crippen molar-refractivity contribution >= 4 is 52.6 Å². The Morgan fingerprint density at radius 1 is 1.07 bits per heavy atom. The van der Waals surface area contributed by atoms with Gasteiger partial charge in [0, 0.05) is 66.8 Å². The molecule has 218 valence electrons. The van der Waals surface area contributed by atoms with Gasteiger partial charge in [0.2, 0.25) is 0 Å². The smallest absolute Gasteiger partial charge is 0.261 e. The zero-order valence-corrected chi connectivity index (χ0v) is 25.9. The van der Waals surface area contributed by atoms with Gasteiger partial charge >= 0.3 is 0 Å². The molecule has 1 fully saturated rings. The molecule has 2 aliphatic rings. The van der Waals surface area contributed by atoms with Gasteiger partial charge in [0.15, 0.2) is 0 Å². The minimum absolute atomic E-state index is 0.194. The third-order valence-electron chi connectivity index (χ3n) is 8.82. The lowest BCUT2D eigenvalue weighted by Gasteiger charge is -2.39. The van der Waals surface area contributed by atoms with Crippen LogP contribution >= 0.6 is 24.4 Å². The summed E-state index contributed by atoms with van der Waals surface area (Å²) in [6.07, 6.45) is 7.87. The molecule has 1 saturated heterocycles. The van der Waals surface area contributed by atoms with Crippen LogP contribution in [0.4, 0.5) is 5.69 Å². The van der Waals surface area contributed by atoms with E-state index in [4.69, 9.17) is 11.6 Å². The first kappa shape index (κ1) is 28.8. The second-order valence-corrected chi connectivity index (χ2v) is 13.1. The highest BCUT2D eigenvalue weighted by Gasteiger charge is 2.29. The maximum atomic E-state index is 12.7. The third-order valence-corrected chi connectivity index (χ3v) is 9.27. The summed E-state index contributed by atoms with van der Waals surface area (Å²) in [4.78, 5) is 25.4. The summed E-state index contributed by atoms with van der Waals surface area (Å²) >= 11 is 10.2. The molecule has 6 rings (SSSR count). The molecule has 8 heteroatoms. The number of halogens is 1. The number of aromatic amines is 1. The predicted octanol–water partition coefficient (Wildman–Crippen LogP) is 7.17. The Hall–Kier alpha value is -3.26. The number of nitrogens with one attached hydrogen (secondary N) is 2.